The van der Waals surface area contributed by atoms with Gasteiger partial charge in [-0.1, -0.05) is 30.7 Å². The van der Waals surface area contributed by atoms with Gasteiger partial charge in [-0.2, -0.15) is 0 Å². The molecule has 2 N–H and O–H groups in total. The summed E-state index contributed by atoms with van der Waals surface area (Å²) in [4.78, 5) is 0. The largest absolute Gasteiger partial charge is 0.392 e. The fraction of sp³-hybridized carbons (Fsp3) is 0.810. The topological polar surface area (TPSA) is 49.7 Å². The van der Waals surface area contributed by atoms with Crippen LogP contribution in [0.3, 0.4) is 0 Å². The average molecular weight is 337 g/mol. The summed E-state index contributed by atoms with van der Waals surface area (Å²) < 4.78 is 5.38. The van der Waals surface area contributed by atoms with Crippen LogP contribution in [0.1, 0.15) is 59.8 Å². The summed E-state index contributed by atoms with van der Waals surface area (Å²) in [6, 6.07) is 0. The van der Waals surface area contributed by atoms with Gasteiger partial charge in [0.1, 0.15) is 0 Å². The third-order valence-electron chi connectivity index (χ3n) is 6.74. The maximum Gasteiger partial charge on any atom is 0.0880 e. The highest BCUT2D eigenvalue weighted by atomic mass is 16.5. The van der Waals surface area contributed by atoms with Crippen LogP contribution in [0.15, 0.2) is 23.8 Å². The number of hydrogen-bond donors (Lipinski definition) is 2. The molecule has 6 atom stereocenters. The summed E-state index contributed by atoms with van der Waals surface area (Å²) in [5.41, 5.74) is 2.11. The van der Waals surface area contributed by atoms with Crippen molar-refractivity contribution in [2.75, 3.05) is 7.11 Å². The van der Waals surface area contributed by atoms with Crippen molar-refractivity contribution in [2.24, 2.45) is 23.7 Å². The van der Waals surface area contributed by atoms with E-state index in [1.54, 1.807) is 7.11 Å². The van der Waals surface area contributed by atoms with E-state index in [9.17, 15) is 10.2 Å². The zero-order valence-electron chi connectivity index (χ0n) is 16.1. The average Bonchev–Trinajstić information content (AvgIpc) is 2.87. The number of fused-ring (bicyclic) bond motifs is 1. The first-order valence-corrected chi connectivity index (χ1v) is 9.44. The highest BCUT2D eigenvalue weighted by Gasteiger charge is 2.42. The zero-order valence-corrected chi connectivity index (χ0v) is 16.1. The van der Waals surface area contributed by atoms with Crippen molar-refractivity contribution in [3.63, 3.8) is 0 Å². The van der Waals surface area contributed by atoms with Crippen molar-refractivity contribution in [1.82, 2.24) is 0 Å². The number of ether oxygens (including phenoxy) is 1. The molecule has 2 rings (SSSR count). The van der Waals surface area contributed by atoms with Crippen LogP contribution in [0.2, 0.25) is 0 Å². The minimum Gasteiger partial charge on any atom is -0.392 e. The van der Waals surface area contributed by atoms with Crippen LogP contribution < -0.4 is 0 Å². The molecule has 0 spiro atoms. The highest BCUT2D eigenvalue weighted by molar-refractivity contribution is 5.24. The van der Waals surface area contributed by atoms with E-state index in [1.807, 2.05) is 13.8 Å². The van der Waals surface area contributed by atoms with E-state index in [1.165, 1.54) is 11.1 Å². The summed E-state index contributed by atoms with van der Waals surface area (Å²) in [5.74, 6) is 1.32. The Labute approximate surface area is 147 Å². The van der Waals surface area contributed by atoms with Gasteiger partial charge in [-0.15, -0.1) is 0 Å². The van der Waals surface area contributed by atoms with Crippen LogP contribution >= 0.6 is 0 Å². The quantitative estimate of drug-likeness (QED) is 0.718. The van der Waals surface area contributed by atoms with Crippen molar-refractivity contribution in [1.29, 1.82) is 0 Å². The van der Waals surface area contributed by atoms with Gasteiger partial charge in [0.2, 0.25) is 0 Å². The second-order valence-corrected chi connectivity index (χ2v) is 8.55. The minimum atomic E-state index is -0.522. The second kappa shape index (κ2) is 7.72. The van der Waals surface area contributed by atoms with Crippen molar-refractivity contribution in [3.05, 3.63) is 23.8 Å². The molecule has 0 heterocycles. The van der Waals surface area contributed by atoms with Gasteiger partial charge >= 0.3 is 0 Å². The predicted molar refractivity (Wildman–Crippen MR) is 98.7 cm³/mol. The first kappa shape index (κ1) is 19.7. The SMILES string of the molecule is C=C1CCC(C(C)CCC(O)C(C)(C)OC)C(O)C2C(C)=CCC12. The Morgan fingerprint density at radius 2 is 2.04 bits per heavy atom. The van der Waals surface area contributed by atoms with E-state index >= 15 is 0 Å². The number of rotatable bonds is 6. The number of hydrogen-bond acceptors (Lipinski definition) is 3. The molecule has 138 valence electrons. The highest BCUT2D eigenvalue weighted by Crippen LogP contribution is 2.47. The number of methoxy groups -OCH3 is 1. The molecule has 0 saturated heterocycles. The molecular formula is C21H36O3. The smallest absolute Gasteiger partial charge is 0.0880 e. The van der Waals surface area contributed by atoms with Gasteiger partial charge in [0.05, 0.1) is 17.8 Å². The second-order valence-electron chi connectivity index (χ2n) is 8.55. The molecule has 0 aromatic heterocycles. The zero-order chi connectivity index (χ0) is 18.1. The fourth-order valence-electron chi connectivity index (χ4n) is 4.55. The Morgan fingerprint density at radius 1 is 1.38 bits per heavy atom. The molecule has 24 heavy (non-hydrogen) atoms. The number of aliphatic hydroxyl groups is 2. The Kier molecular flexibility index (Phi) is 6.33. The maximum atomic E-state index is 11.1. The van der Waals surface area contributed by atoms with E-state index in [-0.39, 0.29) is 17.9 Å². The Bertz CT molecular complexity index is 479. The molecule has 0 aliphatic heterocycles. The molecule has 1 saturated carbocycles. The lowest BCUT2D eigenvalue weighted by molar-refractivity contribution is -0.0833. The lowest BCUT2D eigenvalue weighted by Crippen LogP contribution is -2.39. The lowest BCUT2D eigenvalue weighted by Gasteiger charge is -2.34. The summed E-state index contributed by atoms with van der Waals surface area (Å²) in [6.07, 6.45) is 6.16. The van der Waals surface area contributed by atoms with Crippen molar-refractivity contribution < 1.29 is 14.9 Å². The first-order valence-electron chi connectivity index (χ1n) is 9.44. The normalized spacial score (nSPS) is 33.6. The van der Waals surface area contributed by atoms with Gasteiger partial charge in [0, 0.05) is 13.0 Å². The first-order chi connectivity index (χ1) is 11.2. The van der Waals surface area contributed by atoms with Crippen LogP contribution in [0.5, 0.6) is 0 Å². The summed E-state index contributed by atoms with van der Waals surface area (Å²) >= 11 is 0. The molecule has 0 bridgehead atoms. The molecule has 2 aliphatic rings. The summed E-state index contributed by atoms with van der Waals surface area (Å²) in [6.45, 7) is 12.5. The van der Waals surface area contributed by atoms with E-state index in [0.717, 1.165) is 25.7 Å². The molecule has 3 heteroatoms. The molecule has 2 aliphatic carbocycles. The van der Waals surface area contributed by atoms with E-state index < -0.39 is 11.7 Å². The predicted octanol–water partition coefficient (Wildman–Crippen LogP) is 4.10. The standard InChI is InChI=1S/C21H36O3/c1-13-7-11-17(20(23)19-15(3)8-10-16(13)19)14(2)9-12-18(22)21(4,5)24-6/h8,14,16-20,22-23H,1,7,9-12H2,2-6H3. The molecule has 0 amide bonds. The van der Waals surface area contributed by atoms with Crippen LogP contribution in [0.25, 0.3) is 0 Å². The summed E-state index contributed by atoms with van der Waals surface area (Å²) in [7, 11) is 1.64. The van der Waals surface area contributed by atoms with Gasteiger partial charge in [0.25, 0.3) is 0 Å². The van der Waals surface area contributed by atoms with Gasteiger partial charge < -0.3 is 14.9 Å². The molecule has 0 aromatic rings. The van der Waals surface area contributed by atoms with Crippen LogP contribution in [0, 0.1) is 23.7 Å². The van der Waals surface area contributed by atoms with E-state index in [2.05, 4.69) is 26.5 Å². The fourth-order valence-corrected chi connectivity index (χ4v) is 4.55. The van der Waals surface area contributed by atoms with Crippen molar-refractivity contribution in [2.45, 2.75) is 77.6 Å². The Balaban J connectivity index is 2.02. The molecule has 0 radical (unpaired) electrons. The monoisotopic (exact) mass is 336 g/mol. The van der Waals surface area contributed by atoms with Crippen LogP contribution in [-0.4, -0.2) is 35.1 Å². The lowest BCUT2D eigenvalue weighted by atomic mass is 9.76. The maximum absolute atomic E-state index is 11.1. The van der Waals surface area contributed by atoms with Crippen molar-refractivity contribution >= 4 is 0 Å². The molecule has 0 aromatic carbocycles. The number of aliphatic hydroxyl groups excluding tert-OH is 2. The van der Waals surface area contributed by atoms with Gasteiger partial charge in [0.15, 0.2) is 0 Å². The third-order valence-corrected chi connectivity index (χ3v) is 6.74. The van der Waals surface area contributed by atoms with Gasteiger partial charge in [-0.25, -0.2) is 0 Å². The number of allylic oxidation sites excluding steroid dienone is 2. The molecule has 3 nitrogen and oxygen atoms in total. The third kappa shape index (κ3) is 3.95. The Hall–Kier alpha value is -0.640. The summed E-state index contributed by atoms with van der Waals surface area (Å²) in [5, 5.41) is 21.4. The molecule has 1 fully saturated rings. The van der Waals surface area contributed by atoms with Gasteiger partial charge in [-0.05, 0) is 70.6 Å². The minimum absolute atomic E-state index is 0.243. The van der Waals surface area contributed by atoms with E-state index in [0.29, 0.717) is 18.3 Å². The molecule has 6 unspecified atom stereocenters. The van der Waals surface area contributed by atoms with Crippen molar-refractivity contribution in [3.8, 4) is 0 Å². The van der Waals surface area contributed by atoms with Crippen LogP contribution in [-0.2, 0) is 4.74 Å². The molecular weight excluding hydrogens is 300 g/mol. The van der Waals surface area contributed by atoms with Gasteiger partial charge in [-0.3, -0.25) is 0 Å². The van der Waals surface area contributed by atoms with Crippen LogP contribution in [0.4, 0.5) is 0 Å². The Morgan fingerprint density at radius 3 is 2.67 bits per heavy atom. The van der Waals surface area contributed by atoms with E-state index in [4.69, 9.17) is 4.74 Å².